The highest BCUT2D eigenvalue weighted by molar-refractivity contribution is 5.25. The Balaban J connectivity index is 1.36. The third-order valence-electron chi connectivity index (χ3n) is 5.05. The van der Waals surface area contributed by atoms with Gasteiger partial charge in [-0.2, -0.15) is 0 Å². The number of hydrogen-bond acceptors (Lipinski definition) is 5. The smallest absolute Gasteiger partial charge is 0.222 e. The van der Waals surface area contributed by atoms with Crippen LogP contribution in [-0.4, -0.2) is 46.2 Å². The summed E-state index contributed by atoms with van der Waals surface area (Å²) in [7, 11) is 0. The fourth-order valence-electron chi connectivity index (χ4n) is 3.95. The summed E-state index contributed by atoms with van der Waals surface area (Å²) >= 11 is 0. The van der Waals surface area contributed by atoms with Crippen molar-refractivity contribution in [3.63, 3.8) is 0 Å². The minimum absolute atomic E-state index is 0.0925. The lowest BCUT2D eigenvalue weighted by Gasteiger charge is -2.39. The molecule has 3 heterocycles. The van der Waals surface area contributed by atoms with Crippen molar-refractivity contribution >= 4 is 5.95 Å². The summed E-state index contributed by atoms with van der Waals surface area (Å²) in [6, 6.07) is 8.84. The first kappa shape index (κ1) is 16.4. The van der Waals surface area contributed by atoms with Gasteiger partial charge in [0.05, 0.1) is 18.2 Å². The van der Waals surface area contributed by atoms with Gasteiger partial charge in [0, 0.05) is 31.9 Å². The van der Waals surface area contributed by atoms with Crippen molar-refractivity contribution in [1.82, 2.24) is 14.9 Å². The number of ether oxygens (including phenoxy) is 1. The van der Waals surface area contributed by atoms with Crippen LogP contribution in [-0.2, 0) is 11.3 Å². The normalized spacial score (nSPS) is 26.8. The summed E-state index contributed by atoms with van der Waals surface area (Å²) in [5.74, 6) is 0.474. The van der Waals surface area contributed by atoms with Gasteiger partial charge in [0.2, 0.25) is 5.95 Å². The zero-order valence-corrected chi connectivity index (χ0v) is 14.2. The molecule has 2 aromatic rings. The first-order valence-electron chi connectivity index (χ1n) is 8.85. The molecule has 2 saturated heterocycles. The molecule has 5 nitrogen and oxygen atoms in total. The molecule has 0 bridgehead atoms. The average molecular weight is 342 g/mol. The maximum absolute atomic E-state index is 13.1. The highest BCUT2D eigenvalue weighted by Gasteiger charge is 2.43. The molecule has 4 rings (SSSR count). The maximum Gasteiger partial charge on any atom is 0.222 e. The van der Waals surface area contributed by atoms with E-state index < -0.39 is 0 Å². The molecule has 6 heteroatoms. The van der Waals surface area contributed by atoms with E-state index in [9.17, 15) is 4.39 Å². The van der Waals surface area contributed by atoms with Gasteiger partial charge < -0.3 is 10.1 Å². The van der Waals surface area contributed by atoms with E-state index in [1.807, 2.05) is 18.2 Å². The molecule has 2 atom stereocenters. The Hall–Kier alpha value is -2.05. The van der Waals surface area contributed by atoms with Crippen LogP contribution in [0.25, 0.3) is 0 Å². The van der Waals surface area contributed by atoms with E-state index >= 15 is 0 Å². The topological polar surface area (TPSA) is 50.3 Å². The standard InChI is InChI=1S/C19H23FN4O/c20-16-5-3-15(4-6-16)12-24-10-1-7-19(14-24)11-17(13-25-19)23-18-21-8-2-9-22-18/h2-6,8-9,17H,1,7,10-14H2,(H,21,22,23). The second-order valence-electron chi connectivity index (χ2n) is 7.05. The first-order valence-corrected chi connectivity index (χ1v) is 8.85. The summed E-state index contributed by atoms with van der Waals surface area (Å²) in [6.45, 7) is 3.49. The predicted molar refractivity (Wildman–Crippen MR) is 93.7 cm³/mol. The van der Waals surface area contributed by atoms with Crippen molar-refractivity contribution in [1.29, 1.82) is 0 Å². The molecule has 1 spiro atoms. The van der Waals surface area contributed by atoms with Crippen LogP contribution in [0.2, 0.25) is 0 Å². The van der Waals surface area contributed by atoms with Crippen LogP contribution in [0, 0.1) is 5.82 Å². The number of nitrogens with zero attached hydrogens (tertiary/aromatic N) is 3. The van der Waals surface area contributed by atoms with Crippen LogP contribution in [0.4, 0.5) is 10.3 Å². The lowest BCUT2D eigenvalue weighted by Crippen LogP contribution is -2.47. The molecule has 1 aromatic carbocycles. The lowest BCUT2D eigenvalue weighted by molar-refractivity contribution is -0.0533. The number of halogens is 1. The number of aromatic nitrogens is 2. The summed E-state index contributed by atoms with van der Waals surface area (Å²) in [5, 5.41) is 3.38. The molecule has 2 aliphatic rings. The van der Waals surface area contributed by atoms with Crippen molar-refractivity contribution in [2.75, 3.05) is 25.0 Å². The van der Waals surface area contributed by atoms with Crippen molar-refractivity contribution in [2.24, 2.45) is 0 Å². The second-order valence-corrected chi connectivity index (χ2v) is 7.05. The lowest BCUT2D eigenvalue weighted by atomic mass is 9.88. The first-order chi connectivity index (χ1) is 12.2. The quantitative estimate of drug-likeness (QED) is 0.926. The maximum atomic E-state index is 13.1. The van der Waals surface area contributed by atoms with Gasteiger partial charge in [0.1, 0.15) is 5.82 Å². The van der Waals surface area contributed by atoms with Gasteiger partial charge in [0.25, 0.3) is 0 Å². The van der Waals surface area contributed by atoms with Gasteiger partial charge >= 0.3 is 0 Å². The molecule has 25 heavy (non-hydrogen) atoms. The van der Waals surface area contributed by atoms with E-state index in [1.54, 1.807) is 12.4 Å². The summed E-state index contributed by atoms with van der Waals surface area (Å²) in [6.07, 6.45) is 6.65. The molecular weight excluding hydrogens is 319 g/mol. The van der Waals surface area contributed by atoms with E-state index in [0.29, 0.717) is 12.6 Å². The number of rotatable bonds is 4. The number of piperidine rings is 1. The van der Waals surface area contributed by atoms with Crippen molar-refractivity contribution < 1.29 is 9.13 Å². The Bertz CT molecular complexity index is 696. The molecule has 2 fully saturated rings. The second kappa shape index (κ2) is 7.06. The Morgan fingerprint density at radius 3 is 2.84 bits per heavy atom. The predicted octanol–water partition coefficient (Wildman–Crippen LogP) is 2.85. The zero-order chi connectivity index (χ0) is 17.1. The molecule has 2 unspecified atom stereocenters. The molecule has 132 valence electrons. The highest BCUT2D eigenvalue weighted by atomic mass is 19.1. The molecule has 0 radical (unpaired) electrons. The fraction of sp³-hybridized carbons (Fsp3) is 0.474. The Labute approximate surface area is 147 Å². The van der Waals surface area contributed by atoms with Crippen LogP contribution in [0.1, 0.15) is 24.8 Å². The summed E-state index contributed by atoms with van der Waals surface area (Å²) < 4.78 is 19.3. The summed E-state index contributed by atoms with van der Waals surface area (Å²) in [4.78, 5) is 10.9. The van der Waals surface area contributed by atoms with E-state index in [2.05, 4.69) is 20.2 Å². The fourth-order valence-corrected chi connectivity index (χ4v) is 3.95. The Morgan fingerprint density at radius 1 is 1.24 bits per heavy atom. The Morgan fingerprint density at radius 2 is 2.04 bits per heavy atom. The molecular formula is C19H23FN4O. The molecule has 1 aromatic heterocycles. The minimum atomic E-state index is -0.185. The molecule has 0 aliphatic carbocycles. The molecule has 0 amide bonds. The molecule has 0 saturated carbocycles. The third-order valence-corrected chi connectivity index (χ3v) is 5.05. The van der Waals surface area contributed by atoms with Gasteiger partial charge in [-0.25, -0.2) is 14.4 Å². The van der Waals surface area contributed by atoms with Crippen molar-refractivity contribution in [3.8, 4) is 0 Å². The van der Waals surface area contributed by atoms with Gasteiger partial charge in [-0.05, 0) is 43.1 Å². The van der Waals surface area contributed by atoms with E-state index in [4.69, 9.17) is 4.74 Å². The van der Waals surface area contributed by atoms with Crippen LogP contribution in [0.5, 0.6) is 0 Å². The third kappa shape index (κ3) is 3.96. The number of benzene rings is 1. The van der Waals surface area contributed by atoms with Gasteiger partial charge in [-0.3, -0.25) is 4.90 Å². The Kier molecular flexibility index (Phi) is 4.63. The SMILES string of the molecule is Fc1ccc(CN2CCCC3(CC(Nc4ncccn4)CO3)C2)cc1. The van der Waals surface area contributed by atoms with Gasteiger partial charge in [-0.1, -0.05) is 12.1 Å². The van der Waals surface area contributed by atoms with E-state index in [-0.39, 0.29) is 17.5 Å². The number of nitrogens with one attached hydrogen (secondary N) is 1. The largest absolute Gasteiger partial charge is 0.371 e. The number of likely N-dealkylation sites (tertiary alicyclic amines) is 1. The van der Waals surface area contributed by atoms with Crippen LogP contribution < -0.4 is 5.32 Å². The van der Waals surface area contributed by atoms with Gasteiger partial charge in [-0.15, -0.1) is 0 Å². The molecule has 2 aliphatic heterocycles. The van der Waals surface area contributed by atoms with Crippen LogP contribution in [0.15, 0.2) is 42.7 Å². The van der Waals surface area contributed by atoms with E-state index in [1.165, 1.54) is 12.1 Å². The summed E-state index contributed by atoms with van der Waals surface area (Å²) in [5.41, 5.74) is 1.05. The highest BCUT2D eigenvalue weighted by Crippen LogP contribution is 2.36. The number of hydrogen-bond donors (Lipinski definition) is 1. The average Bonchev–Trinajstić information content (AvgIpc) is 3.00. The van der Waals surface area contributed by atoms with E-state index in [0.717, 1.165) is 44.5 Å². The van der Waals surface area contributed by atoms with Crippen molar-refractivity contribution in [3.05, 3.63) is 54.1 Å². The van der Waals surface area contributed by atoms with Crippen LogP contribution >= 0.6 is 0 Å². The number of anilines is 1. The monoisotopic (exact) mass is 342 g/mol. The molecule has 1 N–H and O–H groups in total. The van der Waals surface area contributed by atoms with Gasteiger partial charge in [0.15, 0.2) is 0 Å². The van der Waals surface area contributed by atoms with Crippen molar-refractivity contribution in [2.45, 2.75) is 37.5 Å². The van der Waals surface area contributed by atoms with Crippen LogP contribution in [0.3, 0.4) is 0 Å². The minimum Gasteiger partial charge on any atom is -0.371 e. The zero-order valence-electron chi connectivity index (χ0n) is 14.2.